The molecule has 0 radical (unpaired) electrons. The predicted molar refractivity (Wildman–Crippen MR) is 71.8 cm³/mol. The molecular weight excluding hydrogens is 282 g/mol. The molecule has 1 aliphatic heterocycles. The summed E-state index contributed by atoms with van der Waals surface area (Å²) in [6, 6.07) is 4.12. The van der Waals surface area contributed by atoms with E-state index in [2.05, 4.69) is 28.9 Å². The van der Waals surface area contributed by atoms with Crippen molar-refractivity contribution in [2.24, 2.45) is 5.73 Å². The fourth-order valence-corrected chi connectivity index (χ4v) is 2.46. The number of rotatable bonds is 3. The normalized spacial score (nSPS) is 16.4. The van der Waals surface area contributed by atoms with Crippen molar-refractivity contribution in [2.75, 3.05) is 19.8 Å². The highest BCUT2D eigenvalue weighted by Crippen LogP contribution is 2.43. The molecule has 2 rings (SSSR count). The summed E-state index contributed by atoms with van der Waals surface area (Å²) in [5.41, 5.74) is 6.81. The van der Waals surface area contributed by atoms with E-state index in [0.717, 1.165) is 28.8 Å². The maximum absolute atomic E-state index is 5.83. The minimum Gasteiger partial charge on any atom is -0.489 e. The summed E-state index contributed by atoms with van der Waals surface area (Å²) in [4.78, 5) is 0. The van der Waals surface area contributed by atoms with E-state index in [-0.39, 0.29) is 0 Å². The Morgan fingerprint density at radius 3 is 2.71 bits per heavy atom. The summed E-state index contributed by atoms with van der Waals surface area (Å²) >= 11 is 3.51. The standard InChI is InChI=1S/C13H18BrNO2/c1-9(5-6-15)10-3-4-11(14)13-12(10)16-7-2-8-17-13/h3-4,9H,2,5-8,15H2,1H3. The highest BCUT2D eigenvalue weighted by Gasteiger charge is 2.20. The Hall–Kier alpha value is -0.740. The topological polar surface area (TPSA) is 44.5 Å². The van der Waals surface area contributed by atoms with Crippen molar-refractivity contribution in [3.05, 3.63) is 22.2 Å². The van der Waals surface area contributed by atoms with Gasteiger partial charge in [0.2, 0.25) is 0 Å². The molecule has 0 amide bonds. The lowest BCUT2D eigenvalue weighted by atomic mass is 9.96. The zero-order valence-corrected chi connectivity index (χ0v) is 11.6. The van der Waals surface area contributed by atoms with Gasteiger partial charge >= 0.3 is 0 Å². The predicted octanol–water partition coefficient (Wildman–Crippen LogP) is 3.06. The van der Waals surface area contributed by atoms with Crippen LogP contribution in [-0.4, -0.2) is 19.8 Å². The van der Waals surface area contributed by atoms with E-state index in [4.69, 9.17) is 15.2 Å². The quantitative estimate of drug-likeness (QED) is 0.933. The summed E-state index contributed by atoms with van der Waals surface area (Å²) in [7, 11) is 0. The van der Waals surface area contributed by atoms with Gasteiger partial charge in [-0.2, -0.15) is 0 Å². The van der Waals surface area contributed by atoms with Gasteiger partial charge in [0.25, 0.3) is 0 Å². The Labute approximate surface area is 110 Å². The van der Waals surface area contributed by atoms with Crippen molar-refractivity contribution >= 4 is 15.9 Å². The highest BCUT2D eigenvalue weighted by atomic mass is 79.9. The molecule has 3 nitrogen and oxygen atoms in total. The fourth-order valence-electron chi connectivity index (χ4n) is 2.04. The average Bonchev–Trinajstić information content (AvgIpc) is 2.56. The molecule has 0 aliphatic carbocycles. The van der Waals surface area contributed by atoms with E-state index < -0.39 is 0 Å². The van der Waals surface area contributed by atoms with Gasteiger partial charge in [0.15, 0.2) is 11.5 Å². The molecule has 1 atom stereocenters. The van der Waals surface area contributed by atoms with E-state index in [9.17, 15) is 0 Å². The van der Waals surface area contributed by atoms with Crippen LogP contribution in [0.15, 0.2) is 16.6 Å². The van der Waals surface area contributed by atoms with Crippen molar-refractivity contribution in [1.29, 1.82) is 0 Å². The first-order chi connectivity index (χ1) is 8.24. The molecule has 0 aromatic heterocycles. The molecule has 0 fully saturated rings. The average molecular weight is 300 g/mol. The number of halogens is 1. The number of benzene rings is 1. The molecule has 2 N–H and O–H groups in total. The summed E-state index contributed by atoms with van der Waals surface area (Å²) in [5.74, 6) is 2.12. The first-order valence-electron chi connectivity index (χ1n) is 6.02. The molecule has 1 aliphatic rings. The minimum absolute atomic E-state index is 0.392. The van der Waals surface area contributed by atoms with Gasteiger partial charge in [0.1, 0.15) is 0 Å². The summed E-state index contributed by atoms with van der Waals surface area (Å²) in [6.07, 6.45) is 1.88. The SMILES string of the molecule is CC(CCN)c1ccc(Br)c2c1OCCCO2. The zero-order valence-electron chi connectivity index (χ0n) is 10.0. The van der Waals surface area contributed by atoms with Gasteiger partial charge < -0.3 is 15.2 Å². The van der Waals surface area contributed by atoms with Crippen LogP contribution in [0.5, 0.6) is 11.5 Å². The number of hydrogen-bond acceptors (Lipinski definition) is 3. The first-order valence-corrected chi connectivity index (χ1v) is 6.81. The second-order valence-electron chi connectivity index (χ2n) is 4.32. The van der Waals surface area contributed by atoms with Gasteiger partial charge in [0.05, 0.1) is 17.7 Å². The maximum Gasteiger partial charge on any atom is 0.175 e. The Kier molecular flexibility index (Phi) is 4.29. The van der Waals surface area contributed by atoms with Crippen LogP contribution >= 0.6 is 15.9 Å². The zero-order chi connectivity index (χ0) is 12.3. The third-order valence-corrected chi connectivity index (χ3v) is 3.63. The van der Waals surface area contributed by atoms with Gasteiger partial charge in [-0.05, 0) is 40.9 Å². The number of ether oxygens (including phenoxy) is 2. The summed E-state index contributed by atoms with van der Waals surface area (Å²) in [6.45, 7) is 4.28. The molecule has 0 saturated carbocycles. The van der Waals surface area contributed by atoms with Crippen LogP contribution in [0.25, 0.3) is 0 Å². The van der Waals surface area contributed by atoms with Crippen molar-refractivity contribution < 1.29 is 9.47 Å². The monoisotopic (exact) mass is 299 g/mol. The third-order valence-electron chi connectivity index (χ3n) is 3.01. The molecule has 1 aromatic rings. The molecule has 17 heavy (non-hydrogen) atoms. The van der Waals surface area contributed by atoms with Crippen LogP contribution < -0.4 is 15.2 Å². The van der Waals surface area contributed by atoms with Crippen LogP contribution in [0.4, 0.5) is 0 Å². The maximum atomic E-state index is 5.83. The van der Waals surface area contributed by atoms with Gasteiger partial charge in [-0.1, -0.05) is 13.0 Å². The molecule has 1 aromatic carbocycles. The van der Waals surface area contributed by atoms with Crippen molar-refractivity contribution in [3.63, 3.8) is 0 Å². The second kappa shape index (κ2) is 5.74. The lowest BCUT2D eigenvalue weighted by Gasteiger charge is -2.18. The molecule has 0 bridgehead atoms. The Morgan fingerprint density at radius 1 is 1.29 bits per heavy atom. The Balaban J connectivity index is 2.39. The molecule has 0 spiro atoms. The smallest absolute Gasteiger partial charge is 0.175 e. The van der Waals surface area contributed by atoms with E-state index >= 15 is 0 Å². The lowest BCUT2D eigenvalue weighted by molar-refractivity contribution is 0.295. The van der Waals surface area contributed by atoms with E-state index in [1.165, 1.54) is 5.56 Å². The molecule has 4 heteroatoms. The molecule has 94 valence electrons. The van der Waals surface area contributed by atoms with Crippen molar-refractivity contribution in [3.8, 4) is 11.5 Å². The summed E-state index contributed by atoms with van der Waals surface area (Å²) < 4.78 is 12.5. The van der Waals surface area contributed by atoms with Crippen molar-refractivity contribution in [1.82, 2.24) is 0 Å². The molecule has 1 unspecified atom stereocenters. The largest absolute Gasteiger partial charge is 0.489 e. The van der Waals surface area contributed by atoms with Gasteiger partial charge in [0, 0.05) is 12.0 Å². The third kappa shape index (κ3) is 2.75. The first kappa shape index (κ1) is 12.7. The molecule has 0 saturated heterocycles. The summed E-state index contributed by atoms with van der Waals surface area (Å²) in [5, 5.41) is 0. The number of fused-ring (bicyclic) bond motifs is 1. The van der Waals surface area contributed by atoms with Crippen molar-refractivity contribution in [2.45, 2.75) is 25.7 Å². The van der Waals surface area contributed by atoms with Crippen LogP contribution in [0.1, 0.15) is 31.2 Å². The molecule has 1 heterocycles. The second-order valence-corrected chi connectivity index (χ2v) is 5.18. The highest BCUT2D eigenvalue weighted by molar-refractivity contribution is 9.10. The van der Waals surface area contributed by atoms with E-state index in [1.807, 2.05) is 6.07 Å². The fraction of sp³-hybridized carbons (Fsp3) is 0.538. The number of nitrogens with two attached hydrogens (primary N) is 1. The molecular formula is C13H18BrNO2. The lowest BCUT2D eigenvalue weighted by Crippen LogP contribution is -2.07. The van der Waals surface area contributed by atoms with Crippen LogP contribution in [0.2, 0.25) is 0 Å². The van der Waals surface area contributed by atoms with Gasteiger partial charge in [-0.3, -0.25) is 0 Å². The van der Waals surface area contributed by atoms with Crippen LogP contribution in [-0.2, 0) is 0 Å². The van der Waals surface area contributed by atoms with Gasteiger partial charge in [-0.25, -0.2) is 0 Å². The van der Waals surface area contributed by atoms with E-state index in [1.54, 1.807) is 0 Å². The van der Waals surface area contributed by atoms with Gasteiger partial charge in [-0.15, -0.1) is 0 Å². The van der Waals surface area contributed by atoms with Crippen LogP contribution in [0.3, 0.4) is 0 Å². The Morgan fingerprint density at radius 2 is 2.00 bits per heavy atom. The Bertz CT molecular complexity index is 395. The van der Waals surface area contributed by atoms with Crippen LogP contribution in [0, 0.1) is 0 Å². The minimum atomic E-state index is 0.392. The van der Waals surface area contributed by atoms with E-state index in [0.29, 0.717) is 25.7 Å². The number of hydrogen-bond donors (Lipinski definition) is 1.